The molecule has 3 heterocycles. The van der Waals surface area contributed by atoms with E-state index in [2.05, 4.69) is 34.3 Å². The fraction of sp³-hybridized carbons (Fsp3) is 0.200. The number of methoxy groups -OCH3 is 1. The number of imidazole rings is 1. The van der Waals surface area contributed by atoms with E-state index in [0.717, 1.165) is 39.4 Å². The van der Waals surface area contributed by atoms with Crippen molar-refractivity contribution in [1.82, 2.24) is 14.4 Å². The molecule has 0 atom stereocenters. The second-order valence-corrected chi connectivity index (χ2v) is 6.73. The third-order valence-corrected chi connectivity index (χ3v) is 4.79. The van der Waals surface area contributed by atoms with Gasteiger partial charge in [-0.25, -0.2) is 9.97 Å². The summed E-state index contributed by atoms with van der Waals surface area (Å²) in [5.74, 6) is 2.32. The first-order valence-corrected chi connectivity index (χ1v) is 8.22. The van der Waals surface area contributed by atoms with Gasteiger partial charge >= 0.3 is 0 Å². The zero-order valence-electron chi connectivity index (χ0n) is 14.3. The maximum atomic E-state index is 6.25. The summed E-state index contributed by atoms with van der Waals surface area (Å²) in [6, 6.07) is 14.0. The lowest BCUT2D eigenvalue weighted by atomic mass is 9.90. The Balaban J connectivity index is 1.99. The van der Waals surface area contributed by atoms with Crippen molar-refractivity contribution in [3.8, 4) is 22.8 Å². The molecule has 0 radical (unpaired) electrons. The van der Waals surface area contributed by atoms with E-state index < -0.39 is 5.60 Å². The van der Waals surface area contributed by atoms with Crippen LogP contribution in [0.15, 0.2) is 48.7 Å². The van der Waals surface area contributed by atoms with Crippen molar-refractivity contribution >= 4 is 16.8 Å². The predicted molar refractivity (Wildman–Crippen MR) is 96.1 cm³/mol. The van der Waals surface area contributed by atoms with Crippen molar-refractivity contribution in [2.45, 2.75) is 19.4 Å². The van der Waals surface area contributed by atoms with Crippen molar-refractivity contribution in [2.24, 2.45) is 0 Å². The molecule has 0 N–H and O–H groups in total. The van der Waals surface area contributed by atoms with E-state index in [1.165, 1.54) is 0 Å². The molecule has 25 heavy (non-hydrogen) atoms. The number of rotatable bonds is 1. The molecule has 5 heteroatoms. The average Bonchev–Trinajstić information content (AvgIpc) is 2.99. The molecule has 2 aromatic carbocycles. The Kier molecular flexibility index (Phi) is 2.70. The molecule has 0 saturated heterocycles. The first-order valence-electron chi connectivity index (χ1n) is 8.22. The zero-order chi connectivity index (χ0) is 17.2. The van der Waals surface area contributed by atoms with E-state index >= 15 is 0 Å². The maximum Gasteiger partial charge on any atom is 0.235 e. The highest BCUT2D eigenvalue weighted by Crippen LogP contribution is 2.46. The monoisotopic (exact) mass is 331 g/mol. The molecule has 5 rings (SSSR count). The van der Waals surface area contributed by atoms with Gasteiger partial charge in [0.05, 0.1) is 23.8 Å². The van der Waals surface area contributed by atoms with Gasteiger partial charge in [0.1, 0.15) is 17.1 Å². The highest BCUT2D eigenvalue weighted by atomic mass is 16.5. The molecule has 0 bridgehead atoms. The highest BCUT2D eigenvalue weighted by molar-refractivity contribution is 5.85. The lowest BCUT2D eigenvalue weighted by Crippen LogP contribution is -2.30. The number of aromatic nitrogens is 3. The van der Waals surface area contributed by atoms with Gasteiger partial charge in [-0.15, -0.1) is 0 Å². The minimum Gasteiger partial charge on any atom is -0.497 e. The van der Waals surface area contributed by atoms with Gasteiger partial charge in [-0.1, -0.05) is 12.1 Å². The van der Waals surface area contributed by atoms with Gasteiger partial charge in [0.2, 0.25) is 5.78 Å². The summed E-state index contributed by atoms with van der Waals surface area (Å²) in [6.07, 6.45) is 1.87. The lowest BCUT2D eigenvalue weighted by Gasteiger charge is -2.34. The summed E-state index contributed by atoms with van der Waals surface area (Å²) in [5, 5.41) is 0. The molecule has 0 unspecified atom stereocenters. The Labute approximate surface area is 144 Å². The molecule has 2 aromatic heterocycles. The van der Waals surface area contributed by atoms with E-state index in [4.69, 9.17) is 9.47 Å². The molecule has 4 aromatic rings. The molecule has 1 aliphatic rings. The van der Waals surface area contributed by atoms with Crippen LogP contribution in [-0.4, -0.2) is 21.5 Å². The van der Waals surface area contributed by atoms with Gasteiger partial charge < -0.3 is 9.47 Å². The fourth-order valence-electron chi connectivity index (χ4n) is 3.57. The van der Waals surface area contributed by atoms with Gasteiger partial charge in [-0.05, 0) is 44.2 Å². The lowest BCUT2D eigenvalue weighted by molar-refractivity contribution is 0.104. The van der Waals surface area contributed by atoms with Crippen LogP contribution in [0, 0.1) is 0 Å². The number of hydrogen-bond acceptors (Lipinski definition) is 4. The van der Waals surface area contributed by atoms with E-state index in [1.807, 2.05) is 42.6 Å². The van der Waals surface area contributed by atoms with Crippen molar-refractivity contribution < 1.29 is 9.47 Å². The standard InChI is InChI=1S/C20H17N3O2/c1-20(2)14-11-21-19-22-15-6-4-5-7-16(15)23(19)18(14)13-10-12(24-3)8-9-17(13)25-20/h4-11H,1-3H3. The van der Waals surface area contributed by atoms with Gasteiger partial charge in [-0.3, -0.25) is 4.40 Å². The third kappa shape index (κ3) is 1.89. The van der Waals surface area contributed by atoms with Crippen molar-refractivity contribution in [3.63, 3.8) is 0 Å². The Morgan fingerprint density at radius 1 is 1.12 bits per heavy atom. The fourth-order valence-corrected chi connectivity index (χ4v) is 3.57. The second-order valence-electron chi connectivity index (χ2n) is 6.73. The largest absolute Gasteiger partial charge is 0.497 e. The third-order valence-electron chi connectivity index (χ3n) is 4.79. The Morgan fingerprint density at radius 3 is 2.80 bits per heavy atom. The minimum absolute atomic E-state index is 0.483. The maximum absolute atomic E-state index is 6.25. The zero-order valence-corrected chi connectivity index (χ0v) is 14.3. The van der Waals surface area contributed by atoms with Crippen LogP contribution in [0.1, 0.15) is 19.4 Å². The number of fused-ring (bicyclic) bond motifs is 7. The van der Waals surface area contributed by atoms with E-state index in [-0.39, 0.29) is 0 Å². The van der Waals surface area contributed by atoms with Crippen LogP contribution in [0.5, 0.6) is 11.5 Å². The predicted octanol–water partition coefficient (Wildman–Crippen LogP) is 4.19. The van der Waals surface area contributed by atoms with Crippen LogP contribution in [-0.2, 0) is 5.60 Å². The van der Waals surface area contributed by atoms with Gasteiger partial charge in [0, 0.05) is 17.3 Å². The number of nitrogens with zero attached hydrogens (tertiary/aromatic N) is 3. The molecular weight excluding hydrogens is 314 g/mol. The van der Waals surface area contributed by atoms with Crippen LogP contribution < -0.4 is 9.47 Å². The molecule has 0 saturated carbocycles. The van der Waals surface area contributed by atoms with Crippen LogP contribution in [0.4, 0.5) is 0 Å². The molecule has 0 fully saturated rings. The molecule has 124 valence electrons. The van der Waals surface area contributed by atoms with Crippen molar-refractivity contribution in [2.75, 3.05) is 7.11 Å². The topological polar surface area (TPSA) is 48.7 Å². The van der Waals surface area contributed by atoms with E-state index in [9.17, 15) is 0 Å². The number of benzene rings is 2. The van der Waals surface area contributed by atoms with Gasteiger partial charge in [0.25, 0.3) is 0 Å². The SMILES string of the molecule is COc1ccc2c(c1)-c1c(cnc3nc4ccccc4n13)C(C)(C)O2. The summed E-state index contributed by atoms with van der Waals surface area (Å²) >= 11 is 0. The summed E-state index contributed by atoms with van der Waals surface area (Å²) in [7, 11) is 1.67. The normalized spacial score (nSPS) is 14.8. The Bertz CT molecular complexity index is 1140. The van der Waals surface area contributed by atoms with Crippen LogP contribution in [0.25, 0.3) is 28.1 Å². The van der Waals surface area contributed by atoms with Crippen LogP contribution >= 0.6 is 0 Å². The van der Waals surface area contributed by atoms with Gasteiger partial charge in [-0.2, -0.15) is 0 Å². The average molecular weight is 331 g/mol. The van der Waals surface area contributed by atoms with Crippen LogP contribution in [0.3, 0.4) is 0 Å². The molecular formula is C20H17N3O2. The molecule has 5 nitrogen and oxygen atoms in total. The second kappa shape index (κ2) is 4.72. The number of ether oxygens (including phenoxy) is 2. The van der Waals surface area contributed by atoms with Crippen molar-refractivity contribution in [1.29, 1.82) is 0 Å². The molecule has 0 amide bonds. The Hall–Kier alpha value is -3.08. The Morgan fingerprint density at radius 2 is 1.96 bits per heavy atom. The first-order chi connectivity index (χ1) is 12.1. The quantitative estimate of drug-likeness (QED) is 0.525. The van der Waals surface area contributed by atoms with Gasteiger partial charge in [0.15, 0.2) is 0 Å². The van der Waals surface area contributed by atoms with Crippen molar-refractivity contribution in [3.05, 3.63) is 54.2 Å². The number of para-hydroxylation sites is 2. The van der Waals surface area contributed by atoms with E-state index in [1.54, 1.807) is 7.11 Å². The smallest absolute Gasteiger partial charge is 0.235 e. The van der Waals surface area contributed by atoms with E-state index in [0.29, 0.717) is 5.78 Å². The summed E-state index contributed by atoms with van der Waals surface area (Å²) in [5.41, 5.74) is 4.56. The summed E-state index contributed by atoms with van der Waals surface area (Å²) in [4.78, 5) is 9.25. The molecule has 1 aliphatic heterocycles. The summed E-state index contributed by atoms with van der Waals surface area (Å²) < 4.78 is 13.8. The minimum atomic E-state index is -0.483. The molecule has 0 spiro atoms. The first kappa shape index (κ1) is 14.3. The number of hydrogen-bond donors (Lipinski definition) is 0. The van der Waals surface area contributed by atoms with Crippen LogP contribution in [0.2, 0.25) is 0 Å². The summed E-state index contributed by atoms with van der Waals surface area (Å²) in [6.45, 7) is 4.12. The highest BCUT2D eigenvalue weighted by Gasteiger charge is 2.35. The molecule has 0 aliphatic carbocycles.